The van der Waals surface area contributed by atoms with Crippen LogP contribution in [0.15, 0.2) is 57.1 Å². The van der Waals surface area contributed by atoms with E-state index in [-0.39, 0.29) is 5.56 Å². The van der Waals surface area contributed by atoms with Gasteiger partial charge in [0.2, 0.25) is 5.72 Å². The molecule has 0 fully saturated rings. The minimum Gasteiger partial charge on any atom is -0.472 e. The molecule has 7 nitrogen and oxygen atoms in total. The summed E-state index contributed by atoms with van der Waals surface area (Å²) in [7, 11) is 1.33. The summed E-state index contributed by atoms with van der Waals surface area (Å²) < 4.78 is 18.4. The SMILES string of the molecule is COC(=O)[C@@H]1[C@H]2c3ccccc3O[C@]1(C)N=c1s/c(=C\c3ccoc3)c(=O)n12. The van der Waals surface area contributed by atoms with Crippen molar-refractivity contribution in [2.45, 2.75) is 18.7 Å². The van der Waals surface area contributed by atoms with E-state index in [4.69, 9.17) is 13.9 Å². The van der Waals surface area contributed by atoms with Gasteiger partial charge in [0.05, 0.1) is 30.2 Å². The molecule has 5 rings (SSSR count). The maximum absolute atomic E-state index is 13.3. The molecular formula is C20H16N2O5S. The molecule has 3 aromatic rings. The van der Waals surface area contributed by atoms with E-state index in [1.807, 2.05) is 24.3 Å². The number of hydrogen-bond acceptors (Lipinski definition) is 7. The molecule has 28 heavy (non-hydrogen) atoms. The zero-order valence-electron chi connectivity index (χ0n) is 15.1. The average molecular weight is 396 g/mol. The van der Waals surface area contributed by atoms with Gasteiger partial charge < -0.3 is 13.9 Å². The van der Waals surface area contributed by atoms with Crippen molar-refractivity contribution in [3.63, 3.8) is 0 Å². The lowest BCUT2D eigenvalue weighted by atomic mass is 9.81. The second-order valence-corrected chi connectivity index (χ2v) is 7.89. The van der Waals surface area contributed by atoms with Crippen LogP contribution in [0.2, 0.25) is 0 Å². The molecular weight excluding hydrogens is 380 g/mol. The Balaban J connectivity index is 1.83. The Kier molecular flexibility index (Phi) is 3.60. The Morgan fingerprint density at radius 2 is 2.18 bits per heavy atom. The van der Waals surface area contributed by atoms with Gasteiger partial charge in [-0.25, -0.2) is 4.99 Å². The van der Waals surface area contributed by atoms with E-state index in [0.29, 0.717) is 15.1 Å². The molecule has 2 bridgehead atoms. The predicted molar refractivity (Wildman–Crippen MR) is 101 cm³/mol. The largest absolute Gasteiger partial charge is 0.472 e. The van der Waals surface area contributed by atoms with Gasteiger partial charge in [0.25, 0.3) is 5.56 Å². The second kappa shape index (κ2) is 5.93. The zero-order valence-corrected chi connectivity index (χ0v) is 15.9. The molecule has 8 heteroatoms. The van der Waals surface area contributed by atoms with Crippen molar-refractivity contribution >= 4 is 23.4 Å². The van der Waals surface area contributed by atoms with E-state index in [9.17, 15) is 9.59 Å². The maximum atomic E-state index is 13.3. The van der Waals surface area contributed by atoms with Crippen LogP contribution in [0.5, 0.6) is 5.75 Å². The molecule has 0 aliphatic carbocycles. The third kappa shape index (κ3) is 2.31. The van der Waals surface area contributed by atoms with E-state index in [1.54, 1.807) is 36.2 Å². The van der Waals surface area contributed by atoms with E-state index >= 15 is 0 Å². The molecule has 2 aromatic heterocycles. The third-order valence-corrected chi connectivity index (χ3v) is 6.16. The lowest BCUT2D eigenvalue weighted by molar-refractivity contribution is -0.158. The molecule has 3 atom stereocenters. The fourth-order valence-electron chi connectivity index (χ4n) is 3.94. The van der Waals surface area contributed by atoms with Gasteiger partial charge in [-0.15, -0.1) is 0 Å². The first kappa shape index (κ1) is 17.0. The summed E-state index contributed by atoms with van der Waals surface area (Å²) in [6, 6.07) is 8.63. The smallest absolute Gasteiger partial charge is 0.317 e. The molecule has 2 aliphatic heterocycles. The average Bonchev–Trinajstić information content (AvgIpc) is 3.28. The summed E-state index contributed by atoms with van der Waals surface area (Å²) >= 11 is 1.27. The van der Waals surface area contributed by atoms with Crippen molar-refractivity contribution in [1.29, 1.82) is 0 Å². The Morgan fingerprint density at radius 3 is 2.93 bits per heavy atom. The normalized spacial score (nSPS) is 25.3. The number of carbonyl (C=O) groups is 1. The van der Waals surface area contributed by atoms with Crippen LogP contribution in [0, 0.1) is 5.92 Å². The van der Waals surface area contributed by atoms with Gasteiger partial charge in [0, 0.05) is 11.1 Å². The number of carbonyl (C=O) groups excluding carboxylic acids is 1. The van der Waals surface area contributed by atoms with Crippen LogP contribution in [-0.2, 0) is 9.53 Å². The minimum atomic E-state index is -1.16. The van der Waals surface area contributed by atoms with E-state index in [0.717, 1.165) is 11.1 Å². The van der Waals surface area contributed by atoms with E-state index < -0.39 is 23.7 Å². The molecule has 0 N–H and O–H groups in total. The fourth-order valence-corrected chi connectivity index (χ4v) is 5.04. The minimum absolute atomic E-state index is 0.206. The third-order valence-electron chi connectivity index (χ3n) is 5.18. The van der Waals surface area contributed by atoms with Crippen molar-refractivity contribution in [1.82, 2.24) is 4.57 Å². The standard InChI is InChI=1S/C20H16N2O5S/c1-20-15(18(24)25-2)16(12-5-3-4-6-13(12)27-20)22-17(23)14(28-19(22)21-20)9-11-7-8-26-10-11/h3-10,15-16H,1-2H3/b14-9-/t15-,16+,20-/m0/s1. The number of para-hydroxylation sites is 1. The van der Waals surface area contributed by atoms with Crippen LogP contribution in [0.4, 0.5) is 0 Å². The highest BCUT2D eigenvalue weighted by atomic mass is 32.1. The summed E-state index contributed by atoms with van der Waals surface area (Å²) in [6.45, 7) is 1.75. The highest BCUT2D eigenvalue weighted by Gasteiger charge is 2.55. The Hall–Kier alpha value is -3.13. The molecule has 0 spiro atoms. The molecule has 0 saturated carbocycles. The number of fused-ring (bicyclic) bond motifs is 6. The van der Waals surface area contributed by atoms with Crippen molar-refractivity contribution in [2.75, 3.05) is 7.11 Å². The van der Waals surface area contributed by atoms with E-state index in [2.05, 4.69) is 4.99 Å². The van der Waals surface area contributed by atoms with Gasteiger partial charge in [-0.3, -0.25) is 14.2 Å². The summed E-state index contributed by atoms with van der Waals surface area (Å²) in [4.78, 5) is 31.1. The molecule has 1 aromatic carbocycles. The highest BCUT2D eigenvalue weighted by Crippen LogP contribution is 2.47. The van der Waals surface area contributed by atoms with Crippen LogP contribution < -0.4 is 19.6 Å². The van der Waals surface area contributed by atoms with Crippen molar-refractivity contribution in [2.24, 2.45) is 10.9 Å². The first-order chi connectivity index (χ1) is 13.5. The van der Waals surface area contributed by atoms with Crippen molar-refractivity contribution in [3.05, 3.63) is 73.7 Å². The van der Waals surface area contributed by atoms with Gasteiger partial charge >= 0.3 is 5.97 Å². The topological polar surface area (TPSA) is 83.0 Å². The predicted octanol–water partition coefficient (Wildman–Crippen LogP) is 1.45. The van der Waals surface area contributed by atoms with Gasteiger partial charge in [-0.1, -0.05) is 29.5 Å². The molecule has 0 radical (unpaired) electrons. The first-order valence-electron chi connectivity index (χ1n) is 8.73. The zero-order chi connectivity index (χ0) is 19.5. The number of ether oxygens (including phenoxy) is 2. The Bertz CT molecular complexity index is 1260. The fraction of sp³-hybridized carbons (Fsp3) is 0.250. The number of furan rings is 1. The van der Waals surface area contributed by atoms with Crippen LogP contribution in [0.25, 0.3) is 6.08 Å². The lowest BCUT2D eigenvalue weighted by Gasteiger charge is -2.44. The lowest BCUT2D eigenvalue weighted by Crippen LogP contribution is -2.58. The number of nitrogens with zero attached hydrogens (tertiary/aromatic N) is 2. The molecule has 2 aliphatic rings. The Labute approximate surface area is 163 Å². The number of esters is 1. The van der Waals surface area contributed by atoms with Gasteiger partial charge in [0.1, 0.15) is 11.7 Å². The summed E-state index contributed by atoms with van der Waals surface area (Å²) in [5.41, 5.74) is 0.187. The van der Waals surface area contributed by atoms with Crippen LogP contribution in [0.1, 0.15) is 24.1 Å². The molecule has 142 valence electrons. The van der Waals surface area contributed by atoms with Crippen LogP contribution >= 0.6 is 11.3 Å². The van der Waals surface area contributed by atoms with Crippen LogP contribution in [0.3, 0.4) is 0 Å². The van der Waals surface area contributed by atoms with Crippen molar-refractivity contribution < 1.29 is 18.7 Å². The molecule has 0 saturated heterocycles. The Morgan fingerprint density at radius 1 is 1.36 bits per heavy atom. The molecule has 0 unspecified atom stereocenters. The maximum Gasteiger partial charge on any atom is 0.317 e. The van der Waals surface area contributed by atoms with Gasteiger partial charge in [0.15, 0.2) is 4.80 Å². The van der Waals surface area contributed by atoms with E-state index in [1.165, 1.54) is 18.4 Å². The summed E-state index contributed by atoms with van der Waals surface area (Å²) in [5.74, 6) is -0.619. The number of aromatic nitrogens is 1. The number of rotatable bonds is 2. The van der Waals surface area contributed by atoms with Crippen LogP contribution in [-0.4, -0.2) is 23.4 Å². The number of thiazole rings is 1. The second-order valence-electron chi connectivity index (χ2n) is 6.88. The van der Waals surface area contributed by atoms with Gasteiger partial charge in [-0.05, 0) is 25.1 Å². The van der Waals surface area contributed by atoms with Gasteiger partial charge in [-0.2, -0.15) is 0 Å². The molecule has 0 amide bonds. The summed E-state index contributed by atoms with van der Waals surface area (Å²) in [6.07, 6.45) is 4.87. The first-order valence-corrected chi connectivity index (χ1v) is 9.54. The van der Waals surface area contributed by atoms with Crippen molar-refractivity contribution in [3.8, 4) is 5.75 Å². The number of methoxy groups -OCH3 is 1. The summed E-state index contributed by atoms with van der Waals surface area (Å²) in [5, 5.41) is 0. The number of hydrogen-bond donors (Lipinski definition) is 0. The monoisotopic (exact) mass is 396 g/mol. The quantitative estimate of drug-likeness (QED) is 0.613. The molecule has 4 heterocycles. The number of benzene rings is 1. The highest BCUT2D eigenvalue weighted by molar-refractivity contribution is 7.07.